The molecule has 1 heteroatoms. The van der Waals surface area contributed by atoms with E-state index < -0.39 is 0 Å². The van der Waals surface area contributed by atoms with E-state index in [0.717, 1.165) is 13.1 Å². The summed E-state index contributed by atoms with van der Waals surface area (Å²) in [6.07, 6.45) is 4.33. The van der Waals surface area contributed by atoms with Gasteiger partial charge in [0.1, 0.15) is 0 Å². The SMILES string of the molecule is CC.CC1=C(C)CNCC=C1. The summed E-state index contributed by atoms with van der Waals surface area (Å²) in [7, 11) is 0. The highest BCUT2D eigenvalue weighted by molar-refractivity contribution is 5.25. The predicted octanol–water partition coefficient (Wildman–Crippen LogP) is 2.51. The first-order valence-corrected chi connectivity index (χ1v) is 4.34. The molecule has 0 aromatic heterocycles. The summed E-state index contributed by atoms with van der Waals surface area (Å²) < 4.78 is 0. The summed E-state index contributed by atoms with van der Waals surface area (Å²) in [5.41, 5.74) is 2.85. The molecule has 1 N–H and O–H groups in total. The molecule has 0 saturated heterocycles. The number of nitrogens with one attached hydrogen (secondary N) is 1. The Morgan fingerprint density at radius 3 is 2.55 bits per heavy atom. The minimum absolute atomic E-state index is 1.01. The van der Waals surface area contributed by atoms with Crippen LogP contribution in [0.4, 0.5) is 0 Å². The molecule has 0 atom stereocenters. The molecule has 0 radical (unpaired) electrons. The zero-order valence-corrected chi connectivity index (χ0v) is 8.07. The molecule has 0 aliphatic carbocycles. The molecule has 1 heterocycles. The minimum atomic E-state index is 1.01. The van der Waals surface area contributed by atoms with E-state index in [2.05, 4.69) is 31.3 Å². The van der Waals surface area contributed by atoms with Crippen molar-refractivity contribution in [2.45, 2.75) is 27.7 Å². The Morgan fingerprint density at radius 1 is 1.27 bits per heavy atom. The van der Waals surface area contributed by atoms with Crippen LogP contribution in [0.15, 0.2) is 23.3 Å². The van der Waals surface area contributed by atoms with Crippen molar-refractivity contribution < 1.29 is 0 Å². The van der Waals surface area contributed by atoms with Gasteiger partial charge >= 0.3 is 0 Å². The van der Waals surface area contributed by atoms with Gasteiger partial charge in [0.05, 0.1) is 0 Å². The Balaban J connectivity index is 0.000000461. The van der Waals surface area contributed by atoms with Crippen LogP contribution >= 0.6 is 0 Å². The molecule has 1 rings (SSSR count). The van der Waals surface area contributed by atoms with E-state index >= 15 is 0 Å². The molecule has 0 saturated carbocycles. The van der Waals surface area contributed by atoms with Crippen molar-refractivity contribution in [3.8, 4) is 0 Å². The van der Waals surface area contributed by atoms with Gasteiger partial charge < -0.3 is 5.32 Å². The third kappa shape index (κ3) is 3.99. The van der Waals surface area contributed by atoms with E-state index in [-0.39, 0.29) is 0 Å². The van der Waals surface area contributed by atoms with Gasteiger partial charge in [-0.3, -0.25) is 0 Å². The average Bonchev–Trinajstić information content (AvgIpc) is 2.22. The molecule has 64 valence electrons. The molecule has 0 aromatic rings. The lowest BCUT2D eigenvalue weighted by Gasteiger charge is -1.99. The Kier molecular flexibility index (Phi) is 5.86. The molecule has 0 unspecified atom stereocenters. The van der Waals surface area contributed by atoms with E-state index in [9.17, 15) is 0 Å². The molecular weight excluding hydrogens is 134 g/mol. The molecule has 11 heavy (non-hydrogen) atoms. The molecule has 0 spiro atoms. The topological polar surface area (TPSA) is 12.0 Å². The van der Waals surface area contributed by atoms with Crippen LogP contribution < -0.4 is 5.32 Å². The number of rotatable bonds is 0. The van der Waals surface area contributed by atoms with E-state index in [0.29, 0.717) is 0 Å². The van der Waals surface area contributed by atoms with Gasteiger partial charge in [0, 0.05) is 13.1 Å². The predicted molar refractivity (Wildman–Crippen MR) is 51.7 cm³/mol. The summed E-state index contributed by atoms with van der Waals surface area (Å²) in [5, 5.41) is 3.28. The van der Waals surface area contributed by atoms with Crippen LogP contribution in [-0.2, 0) is 0 Å². The van der Waals surface area contributed by atoms with Crippen LogP contribution in [0.25, 0.3) is 0 Å². The fraction of sp³-hybridized carbons (Fsp3) is 0.600. The van der Waals surface area contributed by atoms with Crippen molar-refractivity contribution in [3.63, 3.8) is 0 Å². The van der Waals surface area contributed by atoms with Crippen LogP contribution in [-0.4, -0.2) is 13.1 Å². The fourth-order valence-corrected chi connectivity index (χ4v) is 0.860. The van der Waals surface area contributed by atoms with Gasteiger partial charge in [-0.1, -0.05) is 37.1 Å². The highest BCUT2D eigenvalue weighted by Gasteiger charge is 1.95. The third-order valence-corrected chi connectivity index (χ3v) is 1.69. The van der Waals surface area contributed by atoms with Crippen molar-refractivity contribution in [2.24, 2.45) is 0 Å². The van der Waals surface area contributed by atoms with Crippen molar-refractivity contribution in [3.05, 3.63) is 23.3 Å². The molecule has 1 nitrogen and oxygen atoms in total. The van der Waals surface area contributed by atoms with Crippen LogP contribution in [0, 0.1) is 0 Å². The third-order valence-electron chi connectivity index (χ3n) is 1.69. The maximum atomic E-state index is 3.28. The summed E-state index contributed by atoms with van der Waals surface area (Å²) in [6.45, 7) is 10.4. The van der Waals surface area contributed by atoms with Gasteiger partial charge in [-0.15, -0.1) is 0 Å². The Morgan fingerprint density at radius 2 is 1.91 bits per heavy atom. The Bertz CT molecular complexity index is 154. The second-order valence-corrected chi connectivity index (χ2v) is 2.50. The number of allylic oxidation sites excluding steroid dienone is 2. The van der Waals surface area contributed by atoms with Crippen molar-refractivity contribution >= 4 is 0 Å². The van der Waals surface area contributed by atoms with E-state index in [1.165, 1.54) is 11.1 Å². The lowest BCUT2D eigenvalue weighted by molar-refractivity contribution is 0.819. The monoisotopic (exact) mass is 153 g/mol. The Hall–Kier alpha value is -0.560. The van der Waals surface area contributed by atoms with Crippen molar-refractivity contribution in [1.29, 1.82) is 0 Å². The average molecular weight is 153 g/mol. The van der Waals surface area contributed by atoms with Crippen LogP contribution in [0.2, 0.25) is 0 Å². The second-order valence-electron chi connectivity index (χ2n) is 2.50. The van der Waals surface area contributed by atoms with Crippen LogP contribution in [0.5, 0.6) is 0 Å². The van der Waals surface area contributed by atoms with Gasteiger partial charge in [-0.05, 0) is 13.8 Å². The number of hydrogen-bond donors (Lipinski definition) is 1. The number of hydrogen-bond acceptors (Lipinski definition) is 1. The molecule has 0 amide bonds. The van der Waals surface area contributed by atoms with Crippen LogP contribution in [0.3, 0.4) is 0 Å². The van der Waals surface area contributed by atoms with Gasteiger partial charge in [-0.25, -0.2) is 0 Å². The first-order valence-electron chi connectivity index (χ1n) is 4.34. The Labute approximate surface area is 70.2 Å². The molecule has 1 aliphatic heterocycles. The first-order chi connectivity index (χ1) is 5.30. The normalized spacial score (nSPS) is 17.1. The maximum Gasteiger partial charge on any atom is 0.0170 e. The zero-order valence-electron chi connectivity index (χ0n) is 8.07. The summed E-state index contributed by atoms with van der Waals surface area (Å²) in [4.78, 5) is 0. The highest BCUT2D eigenvalue weighted by atomic mass is 14.8. The van der Waals surface area contributed by atoms with Gasteiger partial charge in [0.25, 0.3) is 0 Å². The fourth-order valence-electron chi connectivity index (χ4n) is 0.860. The largest absolute Gasteiger partial charge is 0.310 e. The highest BCUT2D eigenvalue weighted by Crippen LogP contribution is 2.05. The summed E-state index contributed by atoms with van der Waals surface area (Å²) >= 11 is 0. The quantitative estimate of drug-likeness (QED) is 0.564. The smallest absolute Gasteiger partial charge is 0.0170 e. The van der Waals surface area contributed by atoms with Gasteiger partial charge in [0.15, 0.2) is 0 Å². The lowest BCUT2D eigenvalue weighted by Crippen LogP contribution is -2.14. The van der Waals surface area contributed by atoms with Crippen molar-refractivity contribution in [2.75, 3.05) is 13.1 Å². The van der Waals surface area contributed by atoms with E-state index in [4.69, 9.17) is 0 Å². The lowest BCUT2D eigenvalue weighted by atomic mass is 10.1. The molecule has 0 aromatic carbocycles. The molecule has 0 bridgehead atoms. The second kappa shape index (κ2) is 6.17. The van der Waals surface area contributed by atoms with Crippen LogP contribution in [0.1, 0.15) is 27.7 Å². The maximum absolute atomic E-state index is 3.28. The summed E-state index contributed by atoms with van der Waals surface area (Å²) in [6, 6.07) is 0. The van der Waals surface area contributed by atoms with Gasteiger partial charge in [-0.2, -0.15) is 0 Å². The zero-order chi connectivity index (χ0) is 8.69. The first kappa shape index (κ1) is 10.4. The van der Waals surface area contributed by atoms with E-state index in [1.807, 2.05) is 13.8 Å². The van der Waals surface area contributed by atoms with E-state index in [1.54, 1.807) is 0 Å². The van der Waals surface area contributed by atoms with Crippen molar-refractivity contribution in [1.82, 2.24) is 5.32 Å². The minimum Gasteiger partial charge on any atom is -0.310 e. The molecule has 1 aliphatic rings. The summed E-state index contributed by atoms with van der Waals surface area (Å²) in [5.74, 6) is 0. The standard InChI is InChI=1S/C8H13N.C2H6/c1-7-4-3-5-9-6-8(7)2;1-2/h3-4,9H,5-6H2,1-2H3;1-2H3. The molecular formula is C10H19N. The molecule has 0 fully saturated rings. The van der Waals surface area contributed by atoms with Gasteiger partial charge in [0.2, 0.25) is 0 Å².